The summed E-state index contributed by atoms with van der Waals surface area (Å²) in [7, 11) is 0. The van der Waals surface area contributed by atoms with E-state index >= 15 is 0 Å². The fourth-order valence-electron chi connectivity index (χ4n) is 7.83. The Balaban J connectivity index is 0.977. The molecule has 61 heavy (non-hydrogen) atoms. The summed E-state index contributed by atoms with van der Waals surface area (Å²) in [5.74, 6) is 2.46. The van der Waals surface area contributed by atoms with Crippen LogP contribution in [0, 0.1) is 0 Å². The van der Waals surface area contributed by atoms with Crippen LogP contribution in [0.3, 0.4) is 0 Å². The van der Waals surface area contributed by atoms with Gasteiger partial charge in [0.25, 0.3) is 0 Å². The third kappa shape index (κ3) is 7.13. The molecule has 0 radical (unpaired) electrons. The summed E-state index contributed by atoms with van der Waals surface area (Å²) >= 11 is 0. The maximum Gasteiger partial charge on any atom is 0.164 e. The van der Waals surface area contributed by atoms with Gasteiger partial charge in [-0.05, 0) is 58.7 Å². The second-order valence-corrected chi connectivity index (χ2v) is 14.9. The molecular weight excluding hydrogens is 747 g/mol. The van der Waals surface area contributed by atoms with E-state index in [1.54, 1.807) is 0 Å². The van der Waals surface area contributed by atoms with Crippen LogP contribution >= 0.6 is 0 Å². The van der Waals surface area contributed by atoms with Gasteiger partial charge in [-0.2, -0.15) is 0 Å². The zero-order valence-electron chi connectivity index (χ0n) is 32.9. The molecule has 0 fully saturated rings. The van der Waals surface area contributed by atoms with Crippen molar-refractivity contribution in [1.82, 2.24) is 24.9 Å². The van der Waals surface area contributed by atoms with Crippen LogP contribution < -0.4 is 0 Å². The van der Waals surface area contributed by atoms with Gasteiger partial charge >= 0.3 is 0 Å². The quantitative estimate of drug-likeness (QED) is 0.153. The lowest BCUT2D eigenvalue weighted by molar-refractivity contribution is 0.669. The fourth-order valence-corrected chi connectivity index (χ4v) is 7.83. The Morgan fingerprint density at radius 1 is 0.230 bits per heavy atom. The minimum absolute atomic E-state index is 0.596. The lowest BCUT2D eigenvalue weighted by Crippen LogP contribution is -2.00. The molecule has 0 amide bonds. The Hall–Kier alpha value is -8.35. The number of furan rings is 1. The van der Waals surface area contributed by atoms with Crippen molar-refractivity contribution in [3.63, 3.8) is 0 Å². The van der Waals surface area contributed by atoms with Crippen LogP contribution in [0.5, 0.6) is 0 Å². The number of para-hydroxylation sites is 1. The van der Waals surface area contributed by atoms with E-state index in [0.717, 1.165) is 89.0 Å². The molecule has 6 heteroatoms. The predicted molar refractivity (Wildman–Crippen MR) is 246 cm³/mol. The van der Waals surface area contributed by atoms with Crippen LogP contribution in [0.1, 0.15) is 0 Å². The molecule has 3 heterocycles. The van der Waals surface area contributed by atoms with Crippen LogP contribution in [0.4, 0.5) is 0 Å². The molecule has 0 aliphatic heterocycles. The van der Waals surface area contributed by atoms with Crippen molar-refractivity contribution in [2.45, 2.75) is 0 Å². The van der Waals surface area contributed by atoms with Gasteiger partial charge in [-0.3, -0.25) is 0 Å². The van der Waals surface area contributed by atoms with Gasteiger partial charge in [0.2, 0.25) is 0 Å². The van der Waals surface area contributed by atoms with Crippen LogP contribution in [0.2, 0.25) is 0 Å². The predicted octanol–water partition coefficient (Wildman–Crippen LogP) is 13.9. The molecule has 0 unspecified atom stereocenters. The number of nitrogens with zero attached hydrogens (tertiary/aromatic N) is 5. The molecular formula is C55H35N5O. The van der Waals surface area contributed by atoms with E-state index in [1.807, 2.05) is 72.8 Å². The van der Waals surface area contributed by atoms with Gasteiger partial charge in [0, 0.05) is 44.2 Å². The van der Waals surface area contributed by atoms with E-state index in [9.17, 15) is 0 Å². The highest BCUT2D eigenvalue weighted by molar-refractivity contribution is 6.05. The summed E-state index contributed by atoms with van der Waals surface area (Å²) in [6.45, 7) is 0. The molecule has 0 saturated carbocycles. The van der Waals surface area contributed by atoms with Crippen molar-refractivity contribution in [2.24, 2.45) is 0 Å². The van der Waals surface area contributed by atoms with E-state index in [0.29, 0.717) is 23.3 Å². The van der Waals surface area contributed by atoms with Gasteiger partial charge in [-0.15, -0.1) is 0 Å². The van der Waals surface area contributed by atoms with Gasteiger partial charge in [-0.25, -0.2) is 24.9 Å². The summed E-state index contributed by atoms with van der Waals surface area (Å²) in [6, 6.07) is 72.3. The summed E-state index contributed by atoms with van der Waals surface area (Å²) in [4.78, 5) is 25.4. The molecule has 286 valence electrons. The van der Waals surface area contributed by atoms with Gasteiger partial charge < -0.3 is 4.42 Å². The molecule has 11 aromatic rings. The lowest BCUT2D eigenvalue weighted by Gasteiger charge is -2.12. The van der Waals surface area contributed by atoms with Crippen molar-refractivity contribution < 1.29 is 4.42 Å². The van der Waals surface area contributed by atoms with Gasteiger partial charge in [0.1, 0.15) is 11.2 Å². The molecule has 0 saturated heterocycles. The van der Waals surface area contributed by atoms with Crippen molar-refractivity contribution in [2.75, 3.05) is 0 Å². The molecule has 0 N–H and O–H groups in total. The molecule has 11 rings (SSSR count). The molecule has 8 aromatic carbocycles. The molecule has 0 aliphatic rings. The topological polar surface area (TPSA) is 77.6 Å². The van der Waals surface area contributed by atoms with Gasteiger partial charge in [0.05, 0.1) is 11.4 Å². The van der Waals surface area contributed by atoms with Crippen molar-refractivity contribution in [3.05, 3.63) is 212 Å². The first-order valence-electron chi connectivity index (χ1n) is 20.2. The Labute approximate surface area is 352 Å². The molecule has 3 aromatic heterocycles. The average molecular weight is 782 g/mol. The fraction of sp³-hybridized carbons (Fsp3) is 0. The maximum atomic E-state index is 6.27. The molecule has 0 aliphatic carbocycles. The van der Waals surface area contributed by atoms with Crippen LogP contribution in [0.25, 0.3) is 112 Å². The Morgan fingerprint density at radius 3 is 1.28 bits per heavy atom. The summed E-state index contributed by atoms with van der Waals surface area (Å²) in [5.41, 5.74) is 13.3. The summed E-state index contributed by atoms with van der Waals surface area (Å²) in [6.07, 6.45) is 0. The molecule has 0 spiro atoms. The first-order valence-corrected chi connectivity index (χ1v) is 20.2. The third-order valence-electron chi connectivity index (χ3n) is 11.0. The normalized spacial score (nSPS) is 11.3. The Morgan fingerprint density at radius 2 is 0.639 bits per heavy atom. The summed E-state index contributed by atoms with van der Waals surface area (Å²) in [5, 5.41) is 2.17. The minimum atomic E-state index is 0.596. The van der Waals surface area contributed by atoms with Crippen LogP contribution in [-0.2, 0) is 0 Å². The number of rotatable bonds is 8. The number of hydrogen-bond donors (Lipinski definition) is 0. The monoisotopic (exact) mass is 781 g/mol. The van der Waals surface area contributed by atoms with E-state index in [4.69, 9.17) is 29.3 Å². The lowest BCUT2D eigenvalue weighted by atomic mass is 10.00. The zero-order valence-corrected chi connectivity index (χ0v) is 32.9. The van der Waals surface area contributed by atoms with Crippen molar-refractivity contribution in [1.29, 1.82) is 0 Å². The van der Waals surface area contributed by atoms with Crippen LogP contribution in [-0.4, -0.2) is 24.9 Å². The molecule has 0 atom stereocenters. The minimum Gasteiger partial charge on any atom is -0.456 e. The number of fused-ring (bicyclic) bond motifs is 3. The Kier molecular flexibility index (Phi) is 9.06. The average Bonchev–Trinajstić information content (AvgIpc) is 3.73. The molecule has 0 bridgehead atoms. The van der Waals surface area contributed by atoms with Gasteiger partial charge in [0.15, 0.2) is 23.3 Å². The molecule has 6 nitrogen and oxygen atoms in total. The first kappa shape index (κ1) is 35.8. The van der Waals surface area contributed by atoms with Crippen molar-refractivity contribution >= 4 is 21.9 Å². The highest BCUT2D eigenvalue weighted by Crippen LogP contribution is 2.35. The highest BCUT2D eigenvalue weighted by Gasteiger charge is 2.16. The standard InChI is InChI=1S/C55H35N5O/c1-4-14-36(15-5-1)37-26-28-40(29-27-37)53-58-52(39-18-8-3-9-19-39)59-55(60-53)45-23-13-21-42(33-45)41-20-12-22-44(32-41)54-56-48(38-16-6-2-7-17-38)35-49(57-54)43-30-31-47-46-24-10-11-25-50(46)61-51(47)34-43/h1-35H. The van der Waals surface area contributed by atoms with Gasteiger partial charge in [-0.1, -0.05) is 176 Å². The third-order valence-corrected chi connectivity index (χ3v) is 11.0. The number of benzene rings is 8. The van der Waals surface area contributed by atoms with E-state index in [-0.39, 0.29) is 0 Å². The zero-order chi connectivity index (χ0) is 40.5. The SMILES string of the molecule is c1ccc(-c2ccc(-c3nc(-c4ccccc4)nc(-c4cccc(-c5cccc(-c6nc(-c7ccccc7)cc(-c7ccc8c(c7)oc7ccccc78)n6)c5)c4)n3)cc2)cc1. The Bertz CT molecular complexity index is 3350. The highest BCUT2D eigenvalue weighted by atomic mass is 16.3. The van der Waals surface area contributed by atoms with Crippen molar-refractivity contribution in [3.8, 4) is 90.3 Å². The second kappa shape index (κ2) is 15.4. The first-order chi connectivity index (χ1) is 30.2. The smallest absolute Gasteiger partial charge is 0.164 e. The van der Waals surface area contributed by atoms with E-state index in [2.05, 4.69) is 140 Å². The second-order valence-electron chi connectivity index (χ2n) is 14.9. The van der Waals surface area contributed by atoms with E-state index in [1.165, 1.54) is 0 Å². The maximum absolute atomic E-state index is 6.27. The number of aromatic nitrogens is 5. The summed E-state index contributed by atoms with van der Waals surface area (Å²) < 4.78 is 6.27. The number of hydrogen-bond acceptors (Lipinski definition) is 6. The van der Waals surface area contributed by atoms with E-state index < -0.39 is 0 Å². The van der Waals surface area contributed by atoms with Crippen LogP contribution in [0.15, 0.2) is 217 Å². The largest absolute Gasteiger partial charge is 0.456 e.